The molecule has 1 aromatic rings. The molecule has 1 fully saturated rings. The minimum atomic E-state index is -0.665. The SMILES string of the molecule is Cc1sc(CCCC(O)=C[C@H]2[C@@H](CC=CCCCC(=O)CO)[C@@H](O)C[C@H]2O)cc1Cl. The molecule has 0 aromatic carbocycles. The second-order valence-electron chi connectivity index (χ2n) is 8.04. The molecule has 0 amide bonds. The van der Waals surface area contributed by atoms with Gasteiger partial charge in [0.25, 0.3) is 0 Å². The highest BCUT2D eigenvalue weighted by atomic mass is 35.5. The van der Waals surface area contributed by atoms with E-state index in [4.69, 9.17) is 16.7 Å². The number of thiophene rings is 1. The topological polar surface area (TPSA) is 98.0 Å². The average Bonchev–Trinajstić information content (AvgIpc) is 3.15. The van der Waals surface area contributed by atoms with Crippen molar-refractivity contribution in [2.45, 2.75) is 70.5 Å². The lowest BCUT2D eigenvalue weighted by Gasteiger charge is -2.19. The number of unbranched alkanes of at least 4 members (excludes halogenated alkanes) is 1. The Bertz CT molecular complexity index is 722. The molecule has 1 aliphatic carbocycles. The lowest BCUT2D eigenvalue weighted by molar-refractivity contribution is -0.121. The van der Waals surface area contributed by atoms with Crippen molar-refractivity contribution in [3.63, 3.8) is 0 Å². The van der Waals surface area contributed by atoms with Crippen molar-refractivity contribution < 1.29 is 25.2 Å². The summed E-state index contributed by atoms with van der Waals surface area (Å²) in [6.45, 7) is 1.58. The number of ketones is 1. The molecule has 7 heteroatoms. The van der Waals surface area contributed by atoms with Gasteiger partial charge in [0.1, 0.15) is 6.61 Å². The predicted molar refractivity (Wildman–Crippen MR) is 121 cm³/mol. The Morgan fingerprint density at radius 3 is 2.67 bits per heavy atom. The number of aliphatic hydroxyl groups is 4. The van der Waals surface area contributed by atoms with E-state index in [0.29, 0.717) is 32.1 Å². The molecule has 4 N–H and O–H groups in total. The second kappa shape index (κ2) is 12.6. The van der Waals surface area contributed by atoms with Crippen LogP contribution in [0, 0.1) is 18.8 Å². The van der Waals surface area contributed by atoms with Gasteiger partial charge in [0.15, 0.2) is 5.78 Å². The highest BCUT2D eigenvalue weighted by Crippen LogP contribution is 2.37. The number of hydrogen-bond donors (Lipinski definition) is 4. The summed E-state index contributed by atoms with van der Waals surface area (Å²) in [7, 11) is 0. The Hall–Kier alpha value is -1.18. The molecular formula is C23H33ClO5S. The smallest absolute Gasteiger partial charge is 0.158 e. The van der Waals surface area contributed by atoms with E-state index >= 15 is 0 Å². The van der Waals surface area contributed by atoms with Crippen molar-refractivity contribution >= 4 is 28.7 Å². The quantitative estimate of drug-likeness (QED) is 0.211. The number of carbonyl (C=O) groups excluding carboxylic acids is 1. The molecule has 168 valence electrons. The van der Waals surface area contributed by atoms with Gasteiger partial charge in [-0.15, -0.1) is 11.3 Å². The first kappa shape index (κ1) is 25.1. The number of allylic oxidation sites excluding steroid dienone is 3. The van der Waals surface area contributed by atoms with Gasteiger partial charge in [-0.25, -0.2) is 0 Å². The molecule has 1 aliphatic rings. The van der Waals surface area contributed by atoms with Crippen LogP contribution in [-0.4, -0.2) is 45.0 Å². The van der Waals surface area contributed by atoms with Crippen LogP contribution in [-0.2, 0) is 11.2 Å². The molecule has 0 aliphatic heterocycles. The first-order valence-corrected chi connectivity index (χ1v) is 11.8. The summed E-state index contributed by atoms with van der Waals surface area (Å²) in [6.07, 6.45) is 9.24. The zero-order valence-corrected chi connectivity index (χ0v) is 19.0. The number of hydrogen-bond acceptors (Lipinski definition) is 6. The van der Waals surface area contributed by atoms with E-state index in [2.05, 4.69) is 0 Å². The van der Waals surface area contributed by atoms with E-state index in [-0.39, 0.29) is 23.4 Å². The van der Waals surface area contributed by atoms with E-state index in [9.17, 15) is 20.1 Å². The van der Waals surface area contributed by atoms with Crippen LogP contribution in [0.15, 0.2) is 30.1 Å². The van der Waals surface area contributed by atoms with Crippen molar-refractivity contribution in [2.75, 3.05) is 6.61 Å². The van der Waals surface area contributed by atoms with Crippen LogP contribution < -0.4 is 0 Å². The van der Waals surface area contributed by atoms with E-state index in [0.717, 1.165) is 29.2 Å². The van der Waals surface area contributed by atoms with Gasteiger partial charge in [0.05, 0.1) is 23.0 Å². The number of halogens is 1. The molecule has 1 aromatic heterocycles. The van der Waals surface area contributed by atoms with Crippen molar-refractivity contribution in [2.24, 2.45) is 11.8 Å². The monoisotopic (exact) mass is 456 g/mol. The molecule has 5 nitrogen and oxygen atoms in total. The fraction of sp³-hybridized carbons (Fsp3) is 0.609. The highest BCUT2D eigenvalue weighted by molar-refractivity contribution is 7.12. The third kappa shape index (κ3) is 7.82. The summed E-state index contributed by atoms with van der Waals surface area (Å²) in [5.74, 6) is -0.324. The summed E-state index contributed by atoms with van der Waals surface area (Å²) in [4.78, 5) is 13.4. The Labute approximate surface area is 187 Å². The number of Topliss-reactive ketones (excluding diaryl/α,β-unsaturated/α-hetero) is 1. The molecule has 0 radical (unpaired) electrons. The molecule has 0 spiro atoms. The van der Waals surface area contributed by atoms with Gasteiger partial charge in [-0.1, -0.05) is 23.8 Å². The van der Waals surface area contributed by atoms with Crippen LogP contribution in [0.4, 0.5) is 0 Å². The Kier molecular flexibility index (Phi) is 10.6. The van der Waals surface area contributed by atoms with Crippen molar-refractivity contribution in [3.8, 4) is 0 Å². The Balaban J connectivity index is 1.82. The van der Waals surface area contributed by atoms with Crippen LogP contribution in [0.2, 0.25) is 5.02 Å². The van der Waals surface area contributed by atoms with E-state index < -0.39 is 18.8 Å². The summed E-state index contributed by atoms with van der Waals surface area (Å²) in [6, 6.07) is 1.97. The molecule has 0 unspecified atom stereocenters. The van der Waals surface area contributed by atoms with Crippen LogP contribution in [0.3, 0.4) is 0 Å². The van der Waals surface area contributed by atoms with Crippen LogP contribution in [0.5, 0.6) is 0 Å². The van der Waals surface area contributed by atoms with Crippen LogP contribution in [0.25, 0.3) is 0 Å². The Morgan fingerprint density at radius 1 is 1.23 bits per heavy atom. The number of aryl methyl sites for hydroxylation is 2. The van der Waals surface area contributed by atoms with Gasteiger partial charge in [0, 0.05) is 34.9 Å². The molecule has 1 heterocycles. The maximum atomic E-state index is 11.1. The van der Waals surface area contributed by atoms with E-state index in [1.54, 1.807) is 17.4 Å². The third-order valence-electron chi connectivity index (χ3n) is 5.64. The van der Waals surface area contributed by atoms with Crippen LogP contribution >= 0.6 is 22.9 Å². The molecule has 0 bridgehead atoms. The fourth-order valence-electron chi connectivity index (χ4n) is 3.93. The summed E-state index contributed by atoms with van der Waals surface area (Å²) < 4.78 is 0. The number of rotatable bonds is 12. The molecule has 30 heavy (non-hydrogen) atoms. The lowest BCUT2D eigenvalue weighted by Crippen LogP contribution is -2.20. The van der Waals surface area contributed by atoms with Gasteiger partial charge in [-0.3, -0.25) is 4.79 Å². The molecule has 2 rings (SSSR count). The van der Waals surface area contributed by atoms with Crippen molar-refractivity contribution in [1.82, 2.24) is 0 Å². The van der Waals surface area contributed by atoms with Crippen molar-refractivity contribution in [3.05, 3.63) is 44.8 Å². The average molecular weight is 457 g/mol. The standard InChI is InChI=1S/C23H33ClO5S/c1-15-21(24)12-18(30-15)9-6-8-16(26)11-20-19(22(28)13-23(20)29)10-5-3-2-4-7-17(27)14-25/h3,5,11-12,19-20,22-23,25-26,28-29H,2,4,6-10,13-14H2,1H3/t19-,20+,22+,23-/m1/s1. The fourth-order valence-corrected chi connectivity index (χ4v) is 5.21. The second-order valence-corrected chi connectivity index (χ2v) is 9.78. The maximum absolute atomic E-state index is 11.1. The van der Waals surface area contributed by atoms with E-state index in [1.165, 1.54) is 4.88 Å². The highest BCUT2D eigenvalue weighted by Gasteiger charge is 2.39. The van der Waals surface area contributed by atoms with E-state index in [1.807, 2.05) is 25.1 Å². The molecule has 1 saturated carbocycles. The number of carbonyl (C=O) groups is 1. The first-order valence-electron chi connectivity index (χ1n) is 10.6. The largest absolute Gasteiger partial charge is 0.513 e. The van der Waals surface area contributed by atoms with Gasteiger partial charge < -0.3 is 20.4 Å². The normalized spacial score (nSPS) is 24.8. The molecule has 0 saturated heterocycles. The third-order valence-corrected chi connectivity index (χ3v) is 7.26. The zero-order valence-electron chi connectivity index (χ0n) is 17.5. The number of aliphatic hydroxyl groups excluding tert-OH is 4. The molecular weight excluding hydrogens is 424 g/mol. The van der Waals surface area contributed by atoms with Crippen molar-refractivity contribution in [1.29, 1.82) is 0 Å². The summed E-state index contributed by atoms with van der Waals surface area (Å²) in [5, 5.41) is 40.5. The first-order chi connectivity index (χ1) is 14.3. The van der Waals surface area contributed by atoms with Gasteiger partial charge in [-0.2, -0.15) is 0 Å². The minimum absolute atomic E-state index is 0.142. The zero-order chi connectivity index (χ0) is 22.1. The summed E-state index contributed by atoms with van der Waals surface area (Å²) >= 11 is 7.76. The Morgan fingerprint density at radius 2 is 2.00 bits per heavy atom. The maximum Gasteiger partial charge on any atom is 0.158 e. The predicted octanol–water partition coefficient (Wildman–Crippen LogP) is 4.51. The van der Waals surface area contributed by atoms with Crippen LogP contribution in [0.1, 0.15) is 54.7 Å². The van der Waals surface area contributed by atoms with Gasteiger partial charge >= 0.3 is 0 Å². The lowest BCUT2D eigenvalue weighted by atomic mass is 9.89. The van der Waals surface area contributed by atoms with Gasteiger partial charge in [0.2, 0.25) is 0 Å². The molecule has 4 atom stereocenters. The summed E-state index contributed by atoms with van der Waals surface area (Å²) in [5.41, 5.74) is 0. The minimum Gasteiger partial charge on any atom is -0.513 e. The van der Waals surface area contributed by atoms with Gasteiger partial charge in [-0.05, 0) is 57.1 Å².